The van der Waals surface area contributed by atoms with Gasteiger partial charge in [-0.2, -0.15) is 5.10 Å². The van der Waals surface area contributed by atoms with Gasteiger partial charge in [-0.3, -0.25) is 9.79 Å². The molecule has 0 aliphatic rings. The van der Waals surface area contributed by atoms with E-state index in [1.807, 2.05) is 80.0 Å². The molecule has 5 nitrogen and oxygen atoms in total. The molecule has 1 heterocycles. The number of carbonyl (C=O) groups is 1. The highest BCUT2D eigenvalue weighted by Gasteiger charge is 2.10. The molecule has 5 heteroatoms. The summed E-state index contributed by atoms with van der Waals surface area (Å²) >= 11 is 0. The fraction of sp³-hybridized carbons (Fsp3) is 0.192. The standard InChI is InChI=1S/C26H26N4O/c1-2-16-27-17-7-4-8-18-28-26(31)24-14-15-25(30-20-9-19-29-30)23(21-24)13-12-22-10-5-3-6-11-22/h2-3,5-6,9-11,14-17,19-21H,4,7-8,18H2,1H3,(H,28,31)/b16-2-,27-17-. The Morgan fingerprint density at radius 1 is 1.13 bits per heavy atom. The number of aliphatic imine (C=N–C) groups is 1. The van der Waals surface area contributed by atoms with Crippen LogP contribution in [0.4, 0.5) is 0 Å². The minimum Gasteiger partial charge on any atom is -0.352 e. The van der Waals surface area contributed by atoms with Gasteiger partial charge in [0.2, 0.25) is 0 Å². The Labute approximate surface area is 183 Å². The van der Waals surface area contributed by atoms with Crippen molar-refractivity contribution in [1.82, 2.24) is 15.1 Å². The topological polar surface area (TPSA) is 59.3 Å². The maximum Gasteiger partial charge on any atom is 0.251 e. The molecule has 156 valence electrons. The van der Waals surface area contributed by atoms with E-state index >= 15 is 0 Å². The molecule has 0 radical (unpaired) electrons. The number of benzene rings is 2. The monoisotopic (exact) mass is 410 g/mol. The minimum absolute atomic E-state index is 0.0997. The van der Waals surface area contributed by atoms with Gasteiger partial charge < -0.3 is 5.32 Å². The normalized spacial score (nSPS) is 10.9. The highest BCUT2D eigenvalue weighted by atomic mass is 16.1. The molecule has 0 atom stereocenters. The largest absolute Gasteiger partial charge is 0.352 e. The molecule has 3 rings (SSSR count). The van der Waals surface area contributed by atoms with Crippen LogP contribution in [0.2, 0.25) is 0 Å². The fourth-order valence-corrected chi connectivity index (χ4v) is 2.94. The lowest BCUT2D eigenvalue weighted by Gasteiger charge is -2.09. The zero-order chi connectivity index (χ0) is 21.7. The highest BCUT2D eigenvalue weighted by molar-refractivity contribution is 5.95. The maximum absolute atomic E-state index is 12.6. The predicted octanol–water partition coefficient (Wildman–Crippen LogP) is 4.78. The number of unbranched alkanes of at least 4 members (excludes halogenated alkanes) is 2. The third-order valence-corrected chi connectivity index (χ3v) is 4.51. The van der Waals surface area contributed by atoms with Crippen LogP contribution >= 0.6 is 0 Å². The van der Waals surface area contributed by atoms with Gasteiger partial charge in [-0.05, 0) is 62.6 Å². The van der Waals surface area contributed by atoms with Crippen molar-refractivity contribution in [2.75, 3.05) is 6.54 Å². The molecular formula is C26H26N4O. The van der Waals surface area contributed by atoms with Gasteiger partial charge in [0.05, 0.1) is 11.3 Å². The van der Waals surface area contributed by atoms with E-state index in [2.05, 4.69) is 27.2 Å². The lowest BCUT2D eigenvalue weighted by Crippen LogP contribution is -2.24. The molecule has 3 aromatic rings. The number of carbonyl (C=O) groups excluding carboxylic acids is 1. The number of nitrogens with zero attached hydrogens (tertiary/aromatic N) is 3. The van der Waals surface area contributed by atoms with Crippen molar-refractivity contribution >= 4 is 12.1 Å². The van der Waals surface area contributed by atoms with E-state index in [4.69, 9.17) is 0 Å². The third kappa shape index (κ3) is 6.83. The second kappa shape index (κ2) is 11.9. The average Bonchev–Trinajstić information content (AvgIpc) is 3.34. The summed E-state index contributed by atoms with van der Waals surface area (Å²) in [7, 11) is 0. The van der Waals surface area contributed by atoms with E-state index in [9.17, 15) is 4.79 Å². The zero-order valence-electron chi connectivity index (χ0n) is 17.7. The Balaban J connectivity index is 1.69. The summed E-state index contributed by atoms with van der Waals surface area (Å²) in [5, 5.41) is 7.30. The highest BCUT2D eigenvalue weighted by Crippen LogP contribution is 2.16. The summed E-state index contributed by atoms with van der Waals surface area (Å²) in [4.78, 5) is 16.8. The van der Waals surface area contributed by atoms with Crippen LogP contribution in [0.5, 0.6) is 0 Å². The van der Waals surface area contributed by atoms with Gasteiger partial charge in [0.1, 0.15) is 0 Å². The Bertz CT molecular complexity index is 1090. The number of aromatic nitrogens is 2. The first-order chi connectivity index (χ1) is 15.3. The SMILES string of the molecule is C/C=C\N=C/CCCCNC(=O)c1ccc(-n2cccn2)c(C#Cc2ccccc2)c1. The van der Waals surface area contributed by atoms with E-state index in [0.717, 1.165) is 36.1 Å². The molecule has 0 saturated heterocycles. The molecule has 0 saturated carbocycles. The molecule has 0 aliphatic carbocycles. The molecule has 0 aliphatic heterocycles. The number of allylic oxidation sites excluding steroid dienone is 1. The van der Waals surface area contributed by atoms with Crippen LogP contribution in [0, 0.1) is 11.8 Å². The number of hydrogen-bond acceptors (Lipinski definition) is 3. The van der Waals surface area contributed by atoms with E-state index in [0.29, 0.717) is 12.1 Å². The van der Waals surface area contributed by atoms with Crippen LogP contribution in [0.3, 0.4) is 0 Å². The van der Waals surface area contributed by atoms with Crippen molar-refractivity contribution in [2.45, 2.75) is 26.2 Å². The second-order valence-corrected chi connectivity index (χ2v) is 6.86. The predicted molar refractivity (Wildman–Crippen MR) is 125 cm³/mol. The van der Waals surface area contributed by atoms with E-state index in [1.54, 1.807) is 17.1 Å². The lowest BCUT2D eigenvalue weighted by atomic mass is 10.1. The Morgan fingerprint density at radius 3 is 2.77 bits per heavy atom. The molecule has 31 heavy (non-hydrogen) atoms. The smallest absolute Gasteiger partial charge is 0.251 e. The summed E-state index contributed by atoms with van der Waals surface area (Å²) in [5.41, 5.74) is 3.09. The fourth-order valence-electron chi connectivity index (χ4n) is 2.94. The molecule has 1 amide bonds. The van der Waals surface area contributed by atoms with E-state index < -0.39 is 0 Å². The quantitative estimate of drug-likeness (QED) is 0.330. The van der Waals surface area contributed by atoms with Crippen molar-refractivity contribution in [3.63, 3.8) is 0 Å². The first kappa shape index (κ1) is 21.8. The van der Waals surface area contributed by atoms with Crippen molar-refractivity contribution in [1.29, 1.82) is 0 Å². The molecule has 1 aromatic heterocycles. The van der Waals surface area contributed by atoms with Gasteiger partial charge in [-0.1, -0.05) is 36.1 Å². The molecule has 2 aromatic carbocycles. The van der Waals surface area contributed by atoms with Crippen LogP contribution in [-0.2, 0) is 0 Å². The van der Waals surface area contributed by atoms with Gasteiger partial charge in [-0.25, -0.2) is 4.68 Å². The summed E-state index contributed by atoms with van der Waals surface area (Å²) in [5.74, 6) is 6.27. The number of nitrogens with one attached hydrogen (secondary N) is 1. The van der Waals surface area contributed by atoms with Gasteiger partial charge >= 0.3 is 0 Å². The average molecular weight is 411 g/mol. The van der Waals surface area contributed by atoms with Gasteiger partial charge in [0, 0.05) is 42.5 Å². The zero-order valence-corrected chi connectivity index (χ0v) is 17.7. The summed E-state index contributed by atoms with van der Waals surface area (Å²) in [6.45, 7) is 2.56. The van der Waals surface area contributed by atoms with E-state index in [1.165, 1.54) is 0 Å². The molecular weight excluding hydrogens is 384 g/mol. The van der Waals surface area contributed by atoms with Crippen molar-refractivity contribution < 1.29 is 4.79 Å². The first-order valence-electron chi connectivity index (χ1n) is 10.4. The van der Waals surface area contributed by atoms with Crippen LogP contribution in [0.1, 0.15) is 47.7 Å². The van der Waals surface area contributed by atoms with Crippen LogP contribution in [0.25, 0.3) is 5.69 Å². The van der Waals surface area contributed by atoms with Gasteiger partial charge in [0.25, 0.3) is 5.91 Å². The van der Waals surface area contributed by atoms with Crippen LogP contribution in [-0.4, -0.2) is 28.4 Å². The van der Waals surface area contributed by atoms with Crippen molar-refractivity contribution in [3.05, 3.63) is 96.0 Å². The van der Waals surface area contributed by atoms with Crippen LogP contribution < -0.4 is 5.32 Å². The second-order valence-electron chi connectivity index (χ2n) is 6.86. The summed E-state index contributed by atoms with van der Waals surface area (Å²) < 4.78 is 1.76. The lowest BCUT2D eigenvalue weighted by molar-refractivity contribution is 0.0953. The van der Waals surface area contributed by atoms with Gasteiger partial charge in [-0.15, -0.1) is 0 Å². The number of rotatable bonds is 8. The minimum atomic E-state index is -0.0997. The Kier molecular flexibility index (Phi) is 8.39. The third-order valence-electron chi connectivity index (χ3n) is 4.51. The van der Waals surface area contributed by atoms with Gasteiger partial charge in [0.15, 0.2) is 0 Å². The number of hydrogen-bond donors (Lipinski definition) is 1. The molecule has 0 fully saturated rings. The Morgan fingerprint density at radius 2 is 2.00 bits per heavy atom. The van der Waals surface area contributed by atoms with E-state index in [-0.39, 0.29) is 5.91 Å². The molecule has 0 spiro atoms. The van der Waals surface area contributed by atoms with Crippen LogP contribution in [0.15, 0.2) is 84.3 Å². The molecule has 1 N–H and O–H groups in total. The summed E-state index contributed by atoms with van der Waals surface area (Å²) in [6.07, 6.45) is 11.9. The number of amides is 1. The Hall–Kier alpha value is -3.91. The molecule has 0 bridgehead atoms. The molecule has 0 unspecified atom stereocenters. The summed E-state index contributed by atoms with van der Waals surface area (Å²) in [6, 6.07) is 17.2. The van der Waals surface area contributed by atoms with Crippen molar-refractivity contribution in [2.24, 2.45) is 4.99 Å². The maximum atomic E-state index is 12.6. The van der Waals surface area contributed by atoms with Crippen molar-refractivity contribution in [3.8, 4) is 17.5 Å². The first-order valence-corrected chi connectivity index (χ1v) is 10.4.